The number of benzene rings is 2. The molecule has 0 saturated carbocycles. The lowest BCUT2D eigenvalue weighted by atomic mass is 10.1. The van der Waals surface area contributed by atoms with E-state index in [2.05, 4.69) is 0 Å². The third kappa shape index (κ3) is 3.39. The van der Waals surface area contributed by atoms with Gasteiger partial charge in [-0.2, -0.15) is 0 Å². The average molecular weight is 282 g/mol. The number of hydrogen-bond acceptors (Lipinski definition) is 2. The second kappa shape index (κ2) is 6.10. The van der Waals surface area contributed by atoms with Crippen molar-refractivity contribution in [3.8, 4) is 11.5 Å². The van der Waals surface area contributed by atoms with Crippen LogP contribution in [0.1, 0.15) is 5.56 Å². The van der Waals surface area contributed by atoms with Crippen LogP contribution in [0.5, 0.6) is 11.5 Å². The SMILES string of the molecule is NCCc1cccc(Oc2ccc(Cl)cc2Cl)c1. The van der Waals surface area contributed by atoms with Crippen LogP contribution in [-0.2, 0) is 6.42 Å². The highest BCUT2D eigenvalue weighted by Crippen LogP contribution is 2.31. The second-order valence-corrected chi connectivity index (χ2v) is 4.71. The van der Waals surface area contributed by atoms with Crippen molar-refractivity contribution in [2.45, 2.75) is 6.42 Å². The Morgan fingerprint density at radius 1 is 1.06 bits per heavy atom. The fourth-order valence-electron chi connectivity index (χ4n) is 1.62. The molecule has 0 radical (unpaired) electrons. The van der Waals surface area contributed by atoms with Crippen molar-refractivity contribution in [3.05, 3.63) is 58.1 Å². The zero-order valence-corrected chi connectivity index (χ0v) is 11.2. The van der Waals surface area contributed by atoms with E-state index < -0.39 is 0 Å². The van der Waals surface area contributed by atoms with E-state index in [-0.39, 0.29) is 0 Å². The maximum atomic E-state index is 6.05. The summed E-state index contributed by atoms with van der Waals surface area (Å²) in [6, 6.07) is 12.9. The smallest absolute Gasteiger partial charge is 0.146 e. The maximum Gasteiger partial charge on any atom is 0.146 e. The summed E-state index contributed by atoms with van der Waals surface area (Å²) in [5, 5.41) is 1.08. The molecule has 0 unspecified atom stereocenters. The first-order valence-electron chi connectivity index (χ1n) is 5.61. The van der Waals surface area contributed by atoms with Gasteiger partial charge in [0, 0.05) is 5.02 Å². The van der Waals surface area contributed by atoms with E-state index in [1.54, 1.807) is 18.2 Å². The van der Waals surface area contributed by atoms with Crippen LogP contribution in [-0.4, -0.2) is 6.54 Å². The lowest BCUT2D eigenvalue weighted by Crippen LogP contribution is -2.02. The predicted molar refractivity (Wildman–Crippen MR) is 75.7 cm³/mol. The standard InChI is InChI=1S/C14H13Cl2NO/c15-11-4-5-14(13(16)9-11)18-12-3-1-2-10(8-12)6-7-17/h1-5,8-9H,6-7,17H2. The molecule has 2 nitrogen and oxygen atoms in total. The molecule has 94 valence electrons. The second-order valence-electron chi connectivity index (χ2n) is 3.86. The Kier molecular flexibility index (Phi) is 4.48. The fourth-order valence-corrected chi connectivity index (χ4v) is 2.06. The van der Waals surface area contributed by atoms with E-state index in [9.17, 15) is 0 Å². The zero-order valence-electron chi connectivity index (χ0n) is 9.70. The van der Waals surface area contributed by atoms with Crippen LogP contribution in [0.3, 0.4) is 0 Å². The maximum absolute atomic E-state index is 6.05. The van der Waals surface area contributed by atoms with Gasteiger partial charge in [0.2, 0.25) is 0 Å². The Bertz CT molecular complexity index is 543. The number of hydrogen-bond donors (Lipinski definition) is 1. The fraction of sp³-hybridized carbons (Fsp3) is 0.143. The van der Waals surface area contributed by atoms with Crippen LogP contribution in [0.25, 0.3) is 0 Å². The van der Waals surface area contributed by atoms with Crippen molar-refractivity contribution in [1.82, 2.24) is 0 Å². The molecule has 2 aromatic carbocycles. The van der Waals surface area contributed by atoms with Crippen LogP contribution >= 0.6 is 23.2 Å². The molecule has 0 aliphatic heterocycles. The zero-order chi connectivity index (χ0) is 13.0. The summed E-state index contributed by atoms with van der Waals surface area (Å²) in [6.07, 6.45) is 0.825. The average Bonchev–Trinajstić information content (AvgIpc) is 2.34. The summed E-state index contributed by atoms with van der Waals surface area (Å²) in [5.74, 6) is 1.33. The van der Waals surface area contributed by atoms with Gasteiger partial charge in [0.15, 0.2) is 0 Å². The highest BCUT2D eigenvalue weighted by Gasteiger charge is 2.04. The molecule has 0 spiro atoms. The van der Waals surface area contributed by atoms with Crippen LogP contribution in [0, 0.1) is 0 Å². The van der Waals surface area contributed by atoms with Gasteiger partial charge in [-0.1, -0.05) is 35.3 Å². The van der Waals surface area contributed by atoms with Gasteiger partial charge in [-0.15, -0.1) is 0 Å². The third-order valence-corrected chi connectivity index (χ3v) is 2.98. The molecule has 0 aromatic heterocycles. The Labute approximate surface area is 116 Å². The molecule has 2 rings (SSSR count). The van der Waals surface area contributed by atoms with Crippen molar-refractivity contribution in [1.29, 1.82) is 0 Å². The number of halogens is 2. The molecule has 18 heavy (non-hydrogen) atoms. The van der Waals surface area contributed by atoms with Gasteiger partial charge in [-0.25, -0.2) is 0 Å². The van der Waals surface area contributed by atoms with E-state index in [1.165, 1.54) is 0 Å². The van der Waals surface area contributed by atoms with Gasteiger partial charge >= 0.3 is 0 Å². The van der Waals surface area contributed by atoms with Crippen LogP contribution < -0.4 is 10.5 Å². The van der Waals surface area contributed by atoms with E-state index in [1.807, 2.05) is 24.3 Å². The molecule has 0 amide bonds. The highest BCUT2D eigenvalue weighted by molar-refractivity contribution is 6.35. The van der Waals surface area contributed by atoms with E-state index >= 15 is 0 Å². The van der Waals surface area contributed by atoms with Crippen LogP contribution in [0.15, 0.2) is 42.5 Å². The number of ether oxygens (including phenoxy) is 1. The van der Waals surface area contributed by atoms with Crippen molar-refractivity contribution in [2.24, 2.45) is 5.73 Å². The Morgan fingerprint density at radius 3 is 2.61 bits per heavy atom. The first kappa shape index (κ1) is 13.2. The molecule has 0 heterocycles. The molecule has 0 fully saturated rings. The number of nitrogens with two attached hydrogens (primary N) is 1. The summed E-state index contributed by atoms with van der Waals surface area (Å²) in [7, 11) is 0. The van der Waals surface area contributed by atoms with Crippen molar-refractivity contribution in [2.75, 3.05) is 6.54 Å². The summed E-state index contributed by atoms with van der Waals surface area (Å²) in [6.45, 7) is 0.616. The van der Waals surface area contributed by atoms with Crippen LogP contribution in [0.4, 0.5) is 0 Å². The summed E-state index contributed by atoms with van der Waals surface area (Å²) in [5.41, 5.74) is 6.67. The molecule has 0 aliphatic rings. The van der Waals surface area contributed by atoms with Crippen molar-refractivity contribution < 1.29 is 4.74 Å². The number of rotatable bonds is 4. The Balaban J connectivity index is 2.20. The lowest BCUT2D eigenvalue weighted by Gasteiger charge is -2.09. The monoisotopic (exact) mass is 281 g/mol. The van der Waals surface area contributed by atoms with Gasteiger partial charge in [0.1, 0.15) is 11.5 Å². The molecular formula is C14H13Cl2NO. The van der Waals surface area contributed by atoms with Gasteiger partial charge in [0.05, 0.1) is 5.02 Å². The van der Waals surface area contributed by atoms with Crippen molar-refractivity contribution in [3.63, 3.8) is 0 Å². The third-order valence-electron chi connectivity index (χ3n) is 2.45. The molecule has 4 heteroatoms. The Morgan fingerprint density at radius 2 is 1.89 bits per heavy atom. The van der Waals surface area contributed by atoms with Gasteiger partial charge in [-0.3, -0.25) is 0 Å². The topological polar surface area (TPSA) is 35.2 Å². The van der Waals surface area contributed by atoms with Gasteiger partial charge < -0.3 is 10.5 Å². The first-order chi connectivity index (χ1) is 8.69. The minimum absolute atomic E-state index is 0.492. The minimum atomic E-state index is 0.492. The lowest BCUT2D eigenvalue weighted by molar-refractivity contribution is 0.482. The summed E-state index contributed by atoms with van der Waals surface area (Å²) >= 11 is 11.9. The Hall–Kier alpha value is -1.22. The van der Waals surface area contributed by atoms with E-state index in [0.717, 1.165) is 17.7 Å². The van der Waals surface area contributed by atoms with E-state index in [4.69, 9.17) is 33.7 Å². The molecule has 0 aliphatic carbocycles. The molecule has 0 atom stereocenters. The van der Waals surface area contributed by atoms with E-state index in [0.29, 0.717) is 22.3 Å². The molecule has 0 saturated heterocycles. The quantitative estimate of drug-likeness (QED) is 0.908. The largest absolute Gasteiger partial charge is 0.456 e. The molecular weight excluding hydrogens is 269 g/mol. The normalized spacial score (nSPS) is 10.4. The molecule has 2 N–H and O–H groups in total. The minimum Gasteiger partial charge on any atom is -0.456 e. The molecule has 2 aromatic rings. The summed E-state index contributed by atoms with van der Waals surface area (Å²) < 4.78 is 5.72. The highest BCUT2D eigenvalue weighted by atomic mass is 35.5. The first-order valence-corrected chi connectivity index (χ1v) is 6.36. The predicted octanol–water partition coefficient (Wildman–Crippen LogP) is 4.29. The van der Waals surface area contributed by atoms with Crippen molar-refractivity contribution >= 4 is 23.2 Å². The molecule has 0 bridgehead atoms. The summed E-state index contributed by atoms with van der Waals surface area (Å²) in [4.78, 5) is 0. The van der Waals surface area contributed by atoms with Gasteiger partial charge in [-0.05, 0) is 48.9 Å². The van der Waals surface area contributed by atoms with Gasteiger partial charge in [0.25, 0.3) is 0 Å². The van der Waals surface area contributed by atoms with Crippen LogP contribution in [0.2, 0.25) is 10.0 Å².